The fraction of sp³-hybridized carbons (Fsp3) is 0.500. The Hall–Kier alpha value is -1.00. The van der Waals surface area contributed by atoms with Gasteiger partial charge in [0.2, 0.25) is 0 Å². The zero-order valence-corrected chi connectivity index (χ0v) is 5.81. The molecule has 11 heavy (non-hydrogen) atoms. The van der Waals surface area contributed by atoms with Crippen molar-refractivity contribution in [2.75, 3.05) is 6.61 Å². The second-order valence-corrected chi connectivity index (χ2v) is 1.62. The van der Waals surface area contributed by atoms with Gasteiger partial charge >= 0.3 is 6.18 Å². The highest BCUT2D eigenvalue weighted by molar-refractivity contribution is 5.94. The van der Waals surface area contributed by atoms with Crippen LogP contribution in [0.2, 0.25) is 0 Å². The van der Waals surface area contributed by atoms with Gasteiger partial charge in [0.1, 0.15) is 0 Å². The Morgan fingerprint density at radius 1 is 1.55 bits per heavy atom. The number of carbonyl (C=O) groups excluding carboxylic acids is 1. The third kappa shape index (κ3) is 4.41. The van der Waals surface area contributed by atoms with Crippen molar-refractivity contribution < 1.29 is 22.7 Å². The predicted molar refractivity (Wildman–Crippen MR) is 31.8 cm³/mol. The van der Waals surface area contributed by atoms with Crippen LogP contribution in [0.1, 0.15) is 6.92 Å². The third-order valence-electron chi connectivity index (χ3n) is 0.762. The maximum absolute atomic E-state index is 11.4. The van der Waals surface area contributed by atoms with Crippen LogP contribution in [-0.4, -0.2) is 18.6 Å². The molecule has 0 atom stereocenters. The zero-order chi connectivity index (χ0) is 8.91. The first-order chi connectivity index (χ1) is 4.98. The second-order valence-electron chi connectivity index (χ2n) is 1.62. The van der Waals surface area contributed by atoms with Crippen LogP contribution in [0.15, 0.2) is 12.3 Å². The molecule has 0 aliphatic rings. The highest BCUT2D eigenvalue weighted by Gasteiger charge is 2.36. The van der Waals surface area contributed by atoms with E-state index in [0.29, 0.717) is 6.08 Å². The van der Waals surface area contributed by atoms with Gasteiger partial charge in [-0.1, -0.05) is 0 Å². The second kappa shape index (κ2) is 4.00. The third-order valence-corrected chi connectivity index (χ3v) is 0.762. The van der Waals surface area contributed by atoms with E-state index in [-0.39, 0.29) is 6.61 Å². The Bertz CT molecular complexity index is 160. The molecular weight excluding hydrogens is 161 g/mol. The number of ether oxygens (including phenoxy) is 1. The van der Waals surface area contributed by atoms with Gasteiger partial charge in [-0.15, -0.1) is 0 Å². The molecular formula is C6H7F3O2. The first-order valence-corrected chi connectivity index (χ1v) is 2.87. The van der Waals surface area contributed by atoms with Crippen molar-refractivity contribution in [2.24, 2.45) is 0 Å². The molecule has 0 amide bonds. The van der Waals surface area contributed by atoms with Gasteiger partial charge in [-0.3, -0.25) is 4.79 Å². The van der Waals surface area contributed by atoms with Gasteiger partial charge in [-0.2, -0.15) is 13.2 Å². The molecule has 0 aromatic heterocycles. The average molecular weight is 168 g/mol. The standard InChI is InChI=1S/C6H7F3O2/c1-2-11-4-3-5(10)6(7,8)9/h3-4H,2H2,1H3/b4-3-. The molecule has 2 nitrogen and oxygen atoms in total. The van der Waals surface area contributed by atoms with E-state index in [0.717, 1.165) is 6.26 Å². The van der Waals surface area contributed by atoms with E-state index in [1.807, 2.05) is 0 Å². The van der Waals surface area contributed by atoms with Gasteiger partial charge in [0.05, 0.1) is 12.9 Å². The first kappa shape index (κ1) is 10.0. The molecule has 0 unspecified atom stereocenters. The Morgan fingerprint density at radius 2 is 2.09 bits per heavy atom. The lowest BCUT2D eigenvalue weighted by Gasteiger charge is -1.98. The number of allylic oxidation sites excluding steroid dienone is 1. The summed E-state index contributed by atoms with van der Waals surface area (Å²) in [6.07, 6.45) is -3.72. The summed E-state index contributed by atoms with van der Waals surface area (Å²) in [6, 6.07) is 0. The van der Waals surface area contributed by atoms with Crippen molar-refractivity contribution in [2.45, 2.75) is 13.1 Å². The van der Waals surface area contributed by atoms with Crippen molar-refractivity contribution in [3.8, 4) is 0 Å². The monoisotopic (exact) mass is 168 g/mol. The highest BCUT2D eigenvalue weighted by Crippen LogP contribution is 2.16. The number of carbonyl (C=O) groups is 1. The summed E-state index contributed by atoms with van der Waals surface area (Å²) in [5.74, 6) is -1.91. The molecule has 0 aromatic rings. The molecule has 0 heterocycles. The molecule has 5 heteroatoms. The summed E-state index contributed by atoms with van der Waals surface area (Å²) in [7, 11) is 0. The summed E-state index contributed by atoms with van der Waals surface area (Å²) in [4.78, 5) is 10.0. The molecule has 64 valence electrons. The van der Waals surface area contributed by atoms with Crippen molar-refractivity contribution >= 4 is 5.78 Å². The lowest BCUT2D eigenvalue weighted by atomic mass is 10.4. The van der Waals surface area contributed by atoms with Gasteiger partial charge < -0.3 is 4.74 Å². The molecule has 0 N–H and O–H groups in total. The van der Waals surface area contributed by atoms with Gasteiger partial charge in [0.25, 0.3) is 5.78 Å². The fourth-order valence-electron chi connectivity index (χ4n) is 0.301. The van der Waals surface area contributed by atoms with E-state index in [1.165, 1.54) is 0 Å². The van der Waals surface area contributed by atoms with E-state index in [1.54, 1.807) is 6.92 Å². The number of rotatable bonds is 3. The molecule has 0 saturated heterocycles. The largest absolute Gasteiger partial charge is 0.501 e. The first-order valence-electron chi connectivity index (χ1n) is 2.87. The van der Waals surface area contributed by atoms with E-state index >= 15 is 0 Å². The van der Waals surface area contributed by atoms with Crippen molar-refractivity contribution in [3.63, 3.8) is 0 Å². The topological polar surface area (TPSA) is 26.3 Å². The molecule has 0 spiro atoms. The number of halogens is 3. The molecule has 0 aliphatic heterocycles. The minimum absolute atomic E-state index is 0.238. The summed E-state index contributed by atoms with van der Waals surface area (Å²) in [5.41, 5.74) is 0. The quantitative estimate of drug-likeness (QED) is 0.473. The number of hydrogen-bond acceptors (Lipinski definition) is 2. The van der Waals surface area contributed by atoms with Crippen LogP contribution in [-0.2, 0) is 9.53 Å². The lowest BCUT2D eigenvalue weighted by molar-refractivity contribution is -0.165. The van der Waals surface area contributed by atoms with Crippen molar-refractivity contribution in [1.29, 1.82) is 0 Å². The summed E-state index contributed by atoms with van der Waals surface area (Å²) in [6.45, 7) is 1.84. The van der Waals surface area contributed by atoms with Crippen LogP contribution in [0.4, 0.5) is 13.2 Å². The molecule has 0 bridgehead atoms. The Kier molecular flexibility index (Phi) is 3.64. The highest BCUT2D eigenvalue weighted by atomic mass is 19.4. The minimum atomic E-state index is -4.80. The molecule has 0 rings (SSSR count). The maximum atomic E-state index is 11.4. The van der Waals surface area contributed by atoms with Crippen LogP contribution < -0.4 is 0 Å². The van der Waals surface area contributed by atoms with Crippen LogP contribution in [0.3, 0.4) is 0 Å². The Labute approximate surface area is 61.6 Å². The Morgan fingerprint density at radius 3 is 2.45 bits per heavy atom. The van der Waals surface area contributed by atoms with Crippen molar-refractivity contribution in [1.82, 2.24) is 0 Å². The van der Waals surface area contributed by atoms with E-state index in [9.17, 15) is 18.0 Å². The van der Waals surface area contributed by atoms with E-state index in [2.05, 4.69) is 4.74 Å². The lowest BCUT2D eigenvalue weighted by Crippen LogP contribution is -2.19. The fourth-order valence-corrected chi connectivity index (χ4v) is 0.301. The smallest absolute Gasteiger partial charge is 0.454 e. The molecule has 0 fully saturated rings. The summed E-state index contributed by atoms with van der Waals surface area (Å²) >= 11 is 0. The van der Waals surface area contributed by atoms with Crippen LogP contribution in [0, 0.1) is 0 Å². The molecule has 0 aromatic carbocycles. The van der Waals surface area contributed by atoms with Crippen molar-refractivity contribution in [3.05, 3.63) is 12.3 Å². The number of ketones is 1. The van der Waals surface area contributed by atoms with E-state index in [4.69, 9.17) is 0 Å². The van der Waals surface area contributed by atoms with Crippen LogP contribution >= 0.6 is 0 Å². The minimum Gasteiger partial charge on any atom is -0.501 e. The van der Waals surface area contributed by atoms with Crippen LogP contribution in [0.5, 0.6) is 0 Å². The Balaban J connectivity index is 3.88. The summed E-state index contributed by atoms with van der Waals surface area (Å²) < 4.78 is 38.7. The molecule has 0 saturated carbocycles. The van der Waals surface area contributed by atoms with Gasteiger partial charge in [0.15, 0.2) is 0 Å². The summed E-state index contributed by atoms with van der Waals surface area (Å²) in [5, 5.41) is 0. The zero-order valence-electron chi connectivity index (χ0n) is 5.81. The molecule has 0 radical (unpaired) electrons. The number of hydrogen-bond donors (Lipinski definition) is 0. The van der Waals surface area contributed by atoms with Gasteiger partial charge in [-0.25, -0.2) is 0 Å². The van der Waals surface area contributed by atoms with Gasteiger partial charge in [0, 0.05) is 6.08 Å². The SMILES string of the molecule is CCO/C=C\C(=O)C(F)(F)F. The van der Waals surface area contributed by atoms with E-state index < -0.39 is 12.0 Å². The maximum Gasteiger partial charge on any atom is 0.454 e. The predicted octanol–water partition coefficient (Wildman–Crippen LogP) is 1.67. The van der Waals surface area contributed by atoms with Crippen LogP contribution in [0.25, 0.3) is 0 Å². The van der Waals surface area contributed by atoms with Gasteiger partial charge in [-0.05, 0) is 6.92 Å². The number of alkyl halides is 3. The average Bonchev–Trinajstić information content (AvgIpc) is 1.86. The molecule has 0 aliphatic carbocycles. The normalized spacial score (nSPS) is 12.0.